The van der Waals surface area contributed by atoms with Gasteiger partial charge in [0.05, 0.1) is 4.34 Å². The maximum Gasteiger partial charge on any atom is 0.222 e. The second-order valence-corrected chi connectivity index (χ2v) is 7.57. The van der Waals surface area contributed by atoms with E-state index in [1.807, 2.05) is 17.0 Å². The zero-order chi connectivity index (χ0) is 14.7. The third-order valence-electron chi connectivity index (χ3n) is 4.40. The first-order valence-electron chi connectivity index (χ1n) is 7.69. The average molecular weight is 364 g/mol. The number of aryl methyl sites for hydroxylation is 1. The van der Waals surface area contributed by atoms with E-state index in [9.17, 15) is 4.79 Å². The Balaban J connectivity index is 0.00000176. The molecule has 1 atom stereocenters. The summed E-state index contributed by atoms with van der Waals surface area (Å²) in [4.78, 5) is 18.1. The monoisotopic (exact) mass is 363 g/mol. The standard InChI is InChI=1S/C15H22ClN3OS.ClH/c16-14-3-1-13(21-14)2-4-15(20)19-8-5-12(11-19)18-9-6-17-7-10-18;/h1,3,12,17H,2,4-11H2;1H. The van der Waals surface area contributed by atoms with Crippen LogP contribution >= 0.6 is 35.3 Å². The third kappa shape index (κ3) is 4.59. The Bertz CT molecular complexity index is 491. The van der Waals surface area contributed by atoms with E-state index >= 15 is 0 Å². The Morgan fingerprint density at radius 3 is 2.77 bits per heavy atom. The Kier molecular flexibility index (Phi) is 6.96. The second-order valence-electron chi connectivity index (χ2n) is 5.77. The first-order valence-corrected chi connectivity index (χ1v) is 8.88. The molecule has 0 aliphatic carbocycles. The number of rotatable bonds is 4. The summed E-state index contributed by atoms with van der Waals surface area (Å²) in [7, 11) is 0. The number of carbonyl (C=O) groups excluding carboxylic acids is 1. The number of thiophene rings is 1. The van der Waals surface area contributed by atoms with Gasteiger partial charge in [0.2, 0.25) is 5.91 Å². The van der Waals surface area contributed by atoms with Gasteiger partial charge in [0.1, 0.15) is 0 Å². The topological polar surface area (TPSA) is 35.6 Å². The fourth-order valence-corrected chi connectivity index (χ4v) is 4.28. The van der Waals surface area contributed by atoms with Gasteiger partial charge in [-0.05, 0) is 25.0 Å². The molecule has 0 aromatic carbocycles. The molecule has 1 amide bonds. The molecule has 0 spiro atoms. The van der Waals surface area contributed by atoms with Crippen LogP contribution in [0.3, 0.4) is 0 Å². The highest BCUT2D eigenvalue weighted by molar-refractivity contribution is 7.16. The normalized spacial score (nSPS) is 22.6. The molecule has 1 N–H and O–H groups in total. The summed E-state index contributed by atoms with van der Waals surface area (Å²) < 4.78 is 0.803. The largest absolute Gasteiger partial charge is 0.341 e. The third-order valence-corrected chi connectivity index (χ3v) is 5.69. The summed E-state index contributed by atoms with van der Waals surface area (Å²) in [5.41, 5.74) is 0. The smallest absolute Gasteiger partial charge is 0.222 e. The number of nitrogens with one attached hydrogen (secondary N) is 1. The van der Waals surface area contributed by atoms with Crippen LogP contribution in [0.25, 0.3) is 0 Å². The zero-order valence-corrected chi connectivity index (χ0v) is 15.0. The van der Waals surface area contributed by atoms with Crippen molar-refractivity contribution in [2.24, 2.45) is 0 Å². The van der Waals surface area contributed by atoms with Crippen LogP contribution in [0.2, 0.25) is 4.34 Å². The molecular weight excluding hydrogens is 341 g/mol. The molecule has 124 valence electrons. The highest BCUT2D eigenvalue weighted by Crippen LogP contribution is 2.23. The predicted octanol–water partition coefficient (Wildman–Crippen LogP) is 2.26. The van der Waals surface area contributed by atoms with E-state index in [0.29, 0.717) is 12.5 Å². The van der Waals surface area contributed by atoms with Crippen LogP contribution in [-0.4, -0.2) is 61.0 Å². The summed E-state index contributed by atoms with van der Waals surface area (Å²) in [6.45, 7) is 6.19. The van der Waals surface area contributed by atoms with Crippen molar-refractivity contribution in [2.45, 2.75) is 25.3 Å². The van der Waals surface area contributed by atoms with Gasteiger partial charge in [0.15, 0.2) is 0 Å². The molecule has 22 heavy (non-hydrogen) atoms. The Labute approximate surface area is 147 Å². The van der Waals surface area contributed by atoms with Crippen LogP contribution < -0.4 is 5.32 Å². The minimum absolute atomic E-state index is 0. The lowest BCUT2D eigenvalue weighted by atomic mass is 10.2. The van der Waals surface area contributed by atoms with Crippen molar-refractivity contribution in [3.8, 4) is 0 Å². The molecule has 4 nitrogen and oxygen atoms in total. The molecule has 1 unspecified atom stereocenters. The van der Waals surface area contributed by atoms with Gasteiger partial charge in [-0.3, -0.25) is 9.69 Å². The quantitative estimate of drug-likeness (QED) is 0.890. The van der Waals surface area contributed by atoms with E-state index < -0.39 is 0 Å². The number of likely N-dealkylation sites (tertiary alicyclic amines) is 1. The molecule has 2 aliphatic heterocycles. The highest BCUT2D eigenvalue weighted by Gasteiger charge is 2.30. The molecule has 1 aromatic heterocycles. The zero-order valence-electron chi connectivity index (χ0n) is 12.6. The van der Waals surface area contributed by atoms with Gasteiger partial charge >= 0.3 is 0 Å². The summed E-state index contributed by atoms with van der Waals surface area (Å²) >= 11 is 7.50. The number of hydrogen-bond acceptors (Lipinski definition) is 4. The van der Waals surface area contributed by atoms with Crippen molar-refractivity contribution in [1.29, 1.82) is 0 Å². The molecule has 1 aromatic rings. The number of amides is 1. The van der Waals surface area contributed by atoms with Gasteiger partial charge in [0.25, 0.3) is 0 Å². The van der Waals surface area contributed by atoms with E-state index in [1.54, 1.807) is 11.3 Å². The molecule has 0 saturated carbocycles. The van der Waals surface area contributed by atoms with Crippen LogP contribution in [0, 0.1) is 0 Å². The molecule has 2 fully saturated rings. The van der Waals surface area contributed by atoms with Gasteiger partial charge in [0, 0.05) is 56.6 Å². The Morgan fingerprint density at radius 1 is 1.32 bits per heavy atom. The van der Waals surface area contributed by atoms with E-state index in [1.165, 1.54) is 4.88 Å². The van der Waals surface area contributed by atoms with Gasteiger partial charge in [-0.25, -0.2) is 0 Å². The van der Waals surface area contributed by atoms with Gasteiger partial charge in [-0.2, -0.15) is 0 Å². The molecule has 0 radical (unpaired) electrons. The second kappa shape index (κ2) is 8.50. The van der Waals surface area contributed by atoms with Crippen LogP contribution in [0.5, 0.6) is 0 Å². The number of nitrogens with zero attached hydrogens (tertiary/aromatic N) is 2. The molecule has 0 bridgehead atoms. The van der Waals surface area contributed by atoms with E-state index in [-0.39, 0.29) is 18.3 Å². The minimum Gasteiger partial charge on any atom is -0.341 e. The van der Waals surface area contributed by atoms with Crippen LogP contribution in [0.1, 0.15) is 17.7 Å². The van der Waals surface area contributed by atoms with E-state index in [2.05, 4.69) is 10.2 Å². The molecule has 2 saturated heterocycles. The van der Waals surface area contributed by atoms with E-state index in [0.717, 1.165) is 56.4 Å². The Morgan fingerprint density at radius 2 is 2.09 bits per heavy atom. The molecular formula is C15H23Cl2N3OS. The highest BCUT2D eigenvalue weighted by atomic mass is 35.5. The summed E-state index contributed by atoms with van der Waals surface area (Å²) in [6.07, 6.45) is 2.53. The maximum absolute atomic E-state index is 12.3. The van der Waals surface area contributed by atoms with Crippen molar-refractivity contribution >= 4 is 41.3 Å². The summed E-state index contributed by atoms with van der Waals surface area (Å²) in [5, 5.41) is 3.38. The predicted molar refractivity (Wildman–Crippen MR) is 94.3 cm³/mol. The van der Waals surface area contributed by atoms with Crippen molar-refractivity contribution in [3.63, 3.8) is 0 Å². The van der Waals surface area contributed by atoms with Crippen LogP contribution in [0.4, 0.5) is 0 Å². The van der Waals surface area contributed by atoms with Gasteiger partial charge in [-0.15, -0.1) is 23.7 Å². The van der Waals surface area contributed by atoms with Crippen molar-refractivity contribution < 1.29 is 4.79 Å². The van der Waals surface area contributed by atoms with Crippen LogP contribution in [0.15, 0.2) is 12.1 Å². The van der Waals surface area contributed by atoms with Crippen molar-refractivity contribution in [1.82, 2.24) is 15.1 Å². The number of halogens is 2. The summed E-state index contributed by atoms with van der Waals surface area (Å²) in [5.74, 6) is 0.289. The molecule has 7 heteroatoms. The molecule has 2 aliphatic rings. The fourth-order valence-electron chi connectivity index (χ4n) is 3.19. The van der Waals surface area contributed by atoms with Crippen LogP contribution in [-0.2, 0) is 11.2 Å². The lowest BCUT2D eigenvalue weighted by molar-refractivity contribution is -0.130. The van der Waals surface area contributed by atoms with Gasteiger partial charge in [-0.1, -0.05) is 11.6 Å². The minimum atomic E-state index is 0. The number of hydrogen-bond donors (Lipinski definition) is 1. The van der Waals surface area contributed by atoms with E-state index in [4.69, 9.17) is 11.6 Å². The fraction of sp³-hybridized carbons (Fsp3) is 0.667. The Hall–Kier alpha value is -0.330. The number of piperazine rings is 1. The molecule has 3 heterocycles. The summed E-state index contributed by atoms with van der Waals surface area (Å²) in [6, 6.07) is 4.49. The average Bonchev–Trinajstić information content (AvgIpc) is 3.15. The van der Waals surface area contributed by atoms with Gasteiger partial charge < -0.3 is 10.2 Å². The lowest BCUT2D eigenvalue weighted by Crippen LogP contribution is -2.49. The maximum atomic E-state index is 12.3. The SMILES string of the molecule is Cl.O=C(CCc1ccc(Cl)s1)N1CCC(N2CCNCC2)C1. The number of carbonyl (C=O) groups is 1. The lowest BCUT2D eigenvalue weighted by Gasteiger charge is -2.32. The first kappa shape index (κ1) is 18.0. The molecule has 3 rings (SSSR count). The van der Waals surface area contributed by atoms with Crippen molar-refractivity contribution in [3.05, 3.63) is 21.3 Å². The first-order chi connectivity index (χ1) is 10.2. The van der Waals surface area contributed by atoms with Crippen molar-refractivity contribution in [2.75, 3.05) is 39.3 Å².